The Balaban J connectivity index is 2.05. The van der Waals surface area contributed by atoms with Crippen molar-refractivity contribution in [2.24, 2.45) is 11.8 Å². The van der Waals surface area contributed by atoms with Crippen LogP contribution in [-0.4, -0.2) is 16.8 Å². The highest BCUT2D eigenvalue weighted by Crippen LogP contribution is 2.48. The minimum absolute atomic E-state index is 0.112. The molecule has 2 N–H and O–H groups in total. The molecule has 2 unspecified atom stereocenters. The van der Waals surface area contributed by atoms with Gasteiger partial charge in [-0.15, -0.1) is 0 Å². The summed E-state index contributed by atoms with van der Waals surface area (Å²) in [5, 5.41) is 0. The molecule has 1 aromatic rings. The number of rotatable bonds is 1. The predicted octanol–water partition coefficient (Wildman–Crippen LogP) is 0.173. The number of pyridine rings is 1. The van der Waals surface area contributed by atoms with Crippen molar-refractivity contribution in [1.82, 2.24) is 4.98 Å². The molecule has 0 bridgehead atoms. The van der Waals surface area contributed by atoms with Crippen molar-refractivity contribution in [2.75, 3.05) is 10.6 Å². The third-order valence-corrected chi connectivity index (χ3v) is 2.89. The van der Waals surface area contributed by atoms with Crippen LogP contribution in [0.2, 0.25) is 0 Å². The molecule has 0 aromatic carbocycles. The monoisotopic (exact) mass is 203 g/mol. The summed E-state index contributed by atoms with van der Waals surface area (Å²) in [6.45, 7) is 0. The molecule has 1 saturated heterocycles. The number of aromatic nitrogens is 1. The zero-order valence-electron chi connectivity index (χ0n) is 7.88. The van der Waals surface area contributed by atoms with Gasteiger partial charge in [0.15, 0.2) is 5.82 Å². The van der Waals surface area contributed by atoms with Gasteiger partial charge in [0, 0.05) is 6.20 Å². The highest BCUT2D eigenvalue weighted by molar-refractivity contribution is 6.25. The van der Waals surface area contributed by atoms with Crippen LogP contribution in [-0.2, 0) is 9.59 Å². The molecular formula is C10H9N3O2. The Morgan fingerprint density at radius 1 is 1.33 bits per heavy atom. The summed E-state index contributed by atoms with van der Waals surface area (Å²) in [5.41, 5.74) is 6.04. The van der Waals surface area contributed by atoms with Gasteiger partial charge < -0.3 is 5.73 Å². The number of piperidine rings is 1. The molecule has 1 saturated carbocycles. The van der Waals surface area contributed by atoms with Gasteiger partial charge >= 0.3 is 0 Å². The van der Waals surface area contributed by atoms with Gasteiger partial charge in [0.25, 0.3) is 0 Å². The molecule has 2 amide bonds. The fraction of sp³-hybridized carbons (Fsp3) is 0.300. The number of nitrogens with zero attached hydrogens (tertiary/aromatic N) is 2. The number of carbonyl (C=O) groups excluding carboxylic acids is 2. The lowest BCUT2D eigenvalue weighted by atomic mass is 10.3. The van der Waals surface area contributed by atoms with Gasteiger partial charge in [-0.3, -0.25) is 9.59 Å². The van der Waals surface area contributed by atoms with E-state index in [0.717, 1.165) is 4.90 Å². The molecular weight excluding hydrogens is 194 g/mol. The number of hydrogen-bond acceptors (Lipinski definition) is 4. The highest BCUT2D eigenvalue weighted by atomic mass is 16.2. The van der Waals surface area contributed by atoms with Crippen molar-refractivity contribution in [2.45, 2.75) is 6.42 Å². The summed E-state index contributed by atoms with van der Waals surface area (Å²) in [6.07, 6.45) is 2.22. The molecule has 1 aliphatic carbocycles. The van der Waals surface area contributed by atoms with Crippen LogP contribution >= 0.6 is 0 Å². The van der Waals surface area contributed by atoms with E-state index < -0.39 is 0 Å². The Morgan fingerprint density at radius 2 is 2.00 bits per heavy atom. The molecule has 5 heteroatoms. The molecule has 0 spiro atoms. The Labute approximate surface area is 85.9 Å². The third-order valence-electron chi connectivity index (χ3n) is 2.89. The molecule has 3 rings (SSSR count). The number of nitrogen functional groups attached to an aromatic ring is 1. The number of anilines is 2. The summed E-state index contributed by atoms with van der Waals surface area (Å²) >= 11 is 0. The van der Waals surface area contributed by atoms with E-state index >= 15 is 0 Å². The number of fused-ring (bicyclic) bond motifs is 1. The van der Waals surface area contributed by atoms with Gasteiger partial charge in [-0.25, -0.2) is 9.88 Å². The lowest BCUT2D eigenvalue weighted by Crippen LogP contribution is -2.34. The van der Waals surface area contributed by atoms with Crippen LogP contribution in [0, 0.1) is 11.8 Å². The second-order valence-electron chi connectivity index (χ2n) is 3.88. The van der Waals surface area contributed by atoms with Gasteiger partial charge in [-0.1, -0.05) is 0 Å². The van der Waals surface area contributed by atoms with Crippen molar-refractivity contribution in [3.8, 4) is 0 Å². The van der Waals surface area contributed by atoms with Crippen LogP contribution in [0.4, 0.5) is 11.5 Å². The maximum atomic E-state index is 11.7. The number of carbonyl (C=O) groups is 2. The van der Waals surface area contributed by atoms with E-state index in [4.69, 9.17) is 5.73 Å². The van der Waals surface area contributed by atoms with E-state index in [0.29, 0.717) is 12.1 Å². The summed E-state index contributed by atoms with van der Waals surface area (Å²) in [6, 6.07) is 3.30. The largest absolute Gasteiger partial charge is 0.396 e. The van der Waals surface area contributed by atoms with Crippen LogP contribution in [0.3, 0.4) is 0 Å². The molecule has 0 radical (unpaired) electrons. The molecule has 2 atom stereocenters. The minimum Gasteiger partial charge on any atom is -0.396 e. The first-order chi connectivity index (χ1) is 7.20. The smallest absolute Gasteiger partial charge is 0.238 e. The normalized spacial score (nSPS) is 28.1. The lowest BCUT2D eigenvalue weighted by Gasteiger charge is -2.16. The molecule has 76 valence electrons. The second kappa shape index (κ2) is 2.56. The first-order valence-corrected chi connectivity index (χ1v) is 4.78. The van der Waals surface area contributed by atoms with E-state index in [1.807, 2.05) is 0 Å². The summed E-state index contributed by atoms with van der Waals surface area (Å²) < 4.78 is 0. The summed E-state index contributed by atoms with van der Waals surface area (Å²) in [7, 11) is 0. The van der Waals surface area contributed by atoms with Crippen molar-refractivity contribution in [1.29, 1.82) is 0 Å². The van der Waals surface area contributed by atoms with Crippen molar-refractivity contribution in [3.05, 3.63) is 18.3 Å². The molecule has 1 aromatic heterocycles. The lowest BCUT2D eigenvalue weighted by molar-refractivity contribution is -0.123. The van der Waals surface area contributed by atoms with Crippen molar-refractivity contribution in [3.63, 3.8) is 0 Å². The standard InChI is InChI=1S/C10H9N3O2/c11-7-2-1-3-12-8(7)13-9(14)5-4-6(5)10(13)15/h1-3,5-6H,4,11H2. The fourth-order valence-corrected chi connectivity index (χ4v) is 1.99. The molecule has 2 heterocycles. The van der Waals surface area contributed by atoms with Gasteiger partial charge in [0.1, 0.15) is 0 Å². The van der Waals surface area contributed by atoms with Gasteiger partial charge in [0.05, 0.1) is 17.5 Å². The average Bonchev–Trinajstić information content (AvgIpc) is 2.96. The molecule has 1 aliphatic heterocycles. The van der Waals surface area contributed by atoms with Crippen LogP contribution in [0.25, 0.3) is 0 Å². The zero-order chi connectivity index (χ0) is 10.6. The molecule has 2 aliphatic rings. The van der Waals surface area contributed by atoms with E-state index in [1.165, 1.54) is 6.20 Å². The minimum atomic E-state index is -0.157. The van der Waals surface area contributed by atoms with E-state index in [1.54, 1.807) is 12.1 Å². The van der Waals surface area contributed by atoms with E-state index in [2.05, 4.69) is 4.98 Å². The summed E-state index contributed by atoms with van der Waals surface area (Å²) in [4.78, 5) is 28.5. The topological polar surface area (TPSA) is 76.3 Å². The van der Waals surface area contributed by atoms with Gasteiger partial charge in [-0.2, -0.15) is 0 Å². The van der Waals surface area contributed by atoms with Crippen molar-refractivity contribution < 1.29 is 9.59 Å². The van der Waals surface area contributed by atoms with Gasteiger partial charge in [-0.05, 0) is 18.6 Å². The predicted molar refractivity (Wildman–Crippen MR) is 52.7 cm³/mol. The van der Waals surface area contributed by atoms with Crippen molar-refractivity contribution >= 4 is 23.3 Å². The number of imide groups is 1. The van der Waals surface area contributed by atoms with Crippen LogP contribution in [0.1, 0.15) is 6.42 Å². The van der Waals surface area contributed by atoms with Gasteiger partial charge in [0.2, 0.25) is 11.8 Å². The molecule has 5 nitrogen and oxygen atoms in total. The second-order valence-corrected chi connectivity index (χ2v) is 3.88. The quantitative estimate of drug-likeness (QED) is 0.660. The maximum absolute atomic E-state index is 11.7. The average molecular weight is 203 g/mol. The van der Waals surface area contributed by atoms with E-state index in [-0.39, 0.29) is 29.5 Å². The Bertz CT molecular complexity index is 451. The highest BCUT2D eigenvalue weighted by Gasteiger charge is 2.59. The Hall–Kier alpha value is -1.91. The molecule has 2 fully saturated rings. The fourth-order valence-electron chi connectivity index (χ4n) is 1.99. The van der Waals surface area contributed by atoms with Crippen LogP contribution in [0.15, 0.2) is 18.3 Å². The maximum Gasteiger partial charge on any atom is 0.238 e. The zero-order valence-corrected chi connectivity index (χ0v) is 7.88. The number of amides is 2. The Morgan fingerprint density at radius 3 is 2.60 bits per heavy atom. The number of hydrogen-bond donors (Lipinski definition) is 1. The van der Waals surface area contributed by atoms with Crippen LogP contribution < -0.4 is 10.6 Å². The SMILES string of the molecule is Nc1cccnc1N1C(=O)C2CC2C1=O. The Kier molecular flexibility index (Phi) is 1.44. The molecule has 15 heavy (non-hydrogen) atoms. The summed E-state index contributed by atoms with van der Waals surface area (Å²) in [5.74, 6) is -0.261. The van der Waals surface area contributed by atoms with E-state index in [9.17, 15) is 9.59 Å². The first kappa shape index (κ1) is 8.40. The first-order valence-electron chi connectivity index (χ1n) is 4.78. The van der Waals surface area contributed by atoms with Crippen LogP contribution in [0.5, 0.6) is 0 Å². The third kappa shape index (κ3) is 1.000. The number of nitrogens with two attached hydrogens (primary N) is 1.